The van der Waals surface area contributed by atoms with Crippen LogP contribution in [-0.4, -0.2) is 18.4 Å². The second-order valence-corrected chi connectivity index (χ2v) is 2.86. The Morgan fingerprint density at radius 1 is 1.73 bits per heavy atom. The third kappa shape index (κ3) is 0.878. The van der Waals surface area contributed by atoms with E-state index >= 15 is 0 Å². The quantitative estimate of drug-likeness (QED) is 0.317. The van der Waals surface area contributed by atoms with E-state index in [1.807, 2.05) is 0 Å². The number of cyclic esters (lactones) is 1. The lowest BCUT2D eigenvalue weighted by molar-refractivity contribution is -0.149. The Morgan fingerprint density at radius 2 is 2.27 bits per heavy atom. The highest BCUT2D eigenvalue weighted by molar-refractivity contribution is 6.07. The van der Waals surface area contributed by atoms with Crippen LogP contribution in [0.2, 0.25) is 0 Å². The van der Waals surface area contributed by atoms with Crippen molar-refractivity contribution in [1.82, 2.24) is 0 Å². The second-order valence-electron chi connectivity index (χ2n) is 2.86. The van der Waals surface area contributed by atoms with Crippen molar-refractivity contribution in [1.29, 1.82) is 0 Å². The summed E-state index contributed by atoms with van der Waals surface area (Å²) >= 11 is 0. The van der Waals surface area contributed by atoms with Gasteiger partial charge in [-0.1, -0.05) is 6.58 Å². The van der Waals surface area contributed by atoms with Crippen LogP contribution in [0.3, 0.4) is 0 Å². The number of hydrogen-bond acceptors (Lipinski definition) is 3. The van der Waals surface area contributed by atoms with Crippen LogP contribution in [0.1, 0.15) is 13.8 Å². The van der Waals surface area contributed by atoms with Crippen LogP contribution in [-0.2, 0) is 14.3 Å². The van der Waals surface area contributed by atoms with Gasteiger partial charge in [0.05, 0.1) is 0 Å². The summed E-state index contributed by atoms with van der Waals surface area (Å²) in [4.78, 5) is 22.1. The summed E-state index contributed by atoms with van der Waals surface area (Å²) in [6.45, 7) is 6.71. The fraction of sp³-hybridized carbons (Fsp3) is 0.500. The smallest absolute Gasteiger partial charge is 0.323 e. The zero-order chi connectivity index (χ0) is 8.65. The third-order valence-corrected chi connectivity index (χ3v) is 2.20. The van der Waals surface area contributed by atoms with Crippen LogP contribution >= 0.6 is 0 Å². The monoisotopic (exact) mass is 154 g/mol. The Balaban J connectivity index is 3.08. The third-order valence-electron chi connectivity index (χ3n) is 2.20. The Labute approximate surface area is 65.0 Å². The lowest BCUT2D eigenvalue weighted by atomic mass is 9.82. The first-order valence-corrected chi connectivity index (χ1v) is 3.36. The standard InChI is InChI=1S/C8H10O3/c1-5-4-11-7(10)8(5,3)6(2)9/h1,4H2,2-3H3/t8-/m1/s1. The summed E-state index contributed by atoms with van der Waals surface area (Å²) < 4.78 is 4.68. The van der Waals surface area contributed by atoms with Gasteiger partial charge >= 0.3 is 5.97 Å². The minimum Gasteiger partial charge on any atom is -0.460 e. The van der Waals surface area contributed by atoms with E-state index in [-0.39, 0.29) is 12.4 Å². The van der Waals surface area contributed by atoms with Crippen molar-refractivity contribution in [2.24, 2.45) is 5.41 Å². The molecule has 1 rings (SSSR count). The van der Waals surface area contributed by atoms with E-state index in [1.54, 1.807) is 6.92 Å². The first-order chi connectivity index (χ1) is 4.99. The molecule has 3 nitrogen and oxygen atoms in total. The van der Waals surface area contributed by atoms with Crippen molar-refractivity contribution in [2.45, 2.75) is 13.8 Å². The molecule has 0 spiro atoms. The largest absolute Gasteiger partial charge is 0.460 e. The van der Waals surface area contributed by atoms with Crippen LogP contribution in [0.4, 0.5) is 0 Å². The predicted molar refractivity (Wildman–Crippen MR) is 38.9 cm³/mol. The van der Waals surface area contributed by atoms with Crippen molar-refractivity contribution in [3.8, 4) is 0 Å². The maximum Gasteiger partial charge on any atom is 0.323 e. The highest BCUT2D eigenvalue weighted by Crippen LogP contribution is 2.34. The van der Waals surface area contributed by atoms with Crippen molar-refractivity contribution in [3.63, 3.8) is 0 Å². The van der Waals surface area contributed by atoms with Gasteiger partial charge in [0.1, 0.15) is 12.0 Å². The fourth-order valence-electron chi connectivity index (χ4n) is 0.978. The van der Waals surface area contributed by atoms with Gasteiger partial charge in [-0.05, 0) is 19.4 Å². The van der Waals surface area contributed by atoms with Crippen LogP contribution in [0.5, 0.6) is 0 Å². The van der Waals surface area contributed by atoms with E-state index in [9.17, 15) is 9.59 Å². The van der Waals surface area contributed by atoms with E-state index in [0.29, 0.717) is 5.57 Å². The molecule has 1 aliphatic heterocycles. The van der Waals surface area contributed by atoms with Crippen LogP contribution in [0.25, 0.3) is 0 Å². The van der Waals surface area contributed by atoms with Gasteiger partial charge in [0.15, 0.2) is 5.78 Å². The molecule has 1 saturated heterocycles. The number of esters is 1. The predicted octanol–water partition coefficient (Wildman–Crippen LogP) is 0.695. The molecule has 1 aliphatic rings. The van der Waals surface area contributed by atoms with Gasteiger partial charge in [0, 0.05) is 0 Å². The molecular weight excluding hydrogens is 144 g/mol. The van der Waals surface area contributed by atoms with Crippen molar-refractivity contribution >= 4 is 11.8 Å². The van der Waals surface area contributed by atoms with Crippen LogP contribution in [0, 0.1) is 5.41 Å². The molecule has 1 fully saturated rings. The molecule has 1 heterocycles. The maximum atomic E-state index is 11.0. The molecule has 11 heavy (non-hydrogen) atoms. The van der Waals surface area contributed by atoms with Crippen LogP contribution < -0.4 is 0 Å². The van der Waals surface area contributed by atoms with Crippen molar-refractivity contribution in [2.75, 3.05) is 6.61 Å². The molecule has 0 unspecified atom stereocenters. The molecule has 0 radical (unpaired) electrons. The summed E-state index contributed by atoms with van der Waals surface area (Å²) in [6, 6.07) is 0. The highest BCUT2D eigenvalue weighted by atomic mass is 16.5. The molecule has 0 aromatic rings. The van der Waals surface area contributed by atoms with Crippen molar-refractivity contribution < 1.29 is 14.3 Å². The Bertz CT molecular complexity index is 224. The number of ether oxygens (including phenoxy) is 1. The zero-order valence-electron chi connectivity index (χ0n) is 6.64. The fourth-order valence-corrected chi connectivity index (χ4v) is 0.978. The number of ketones is 1. The van der Waals surface area contributed by atoms with E-state index in [1.165, 1.54) is 6.92 Å². The van der Waals surface area contributed by atoms with E-state index in [2.05, 4.69) is 11.3 Å². The van der Waals surface area contributed by atoms with Gasteiger partial charge in [-0.25, -0.2) is 0 Å². The van der Waals surface area contributed by atoms with Gasteiger partial charge in [0.25, 0.3) is 0 Å². The average Bonchev–Trinajstić information content (AvgIpc) is 2.18. The first-order valence-electron chi connectivity index (χ1n) is 3.36. The molecule has 1 atom stereocenters. The molecule has 0 amide bonds. The lowest BCUT2D eigenvalue weighted by Gasteiger charge is -2.15. The number of Topliss-reactive ketones (excluding diaryl/α,β-unsaturated/α-hetero) is 1. The molecular formula is C8H10O3. The summed E-state index contributed by atoms with van der Waals surface area (Å²) in [5.74, 6) is -0.681. The van der Waals surface area contributed by atoms with Gasteiger partial charge in [-0.15, -0.1) is 0 Å². The molecule has 3 heteroatoms. The summed E-state index contributed by atoms with van der Waals surface area (Å²) in [5.41, 5.74) is -0.532. The lowest BCUT2D eigenvalue weighted by Crippen LogP contribution is -2.31. The van der Waals surface area contributed by atoms with Gasteiger partial charge < -0.3 is 4.74 Å². The maximum absolute atomic E-state index is 11.0. The first kappa shape index (κ1) is 7.98. The van der Waals surface area contributed by atoms with E-state index in [4.69, 9.17) is 0 Å². The van der Waals surface area contributed by atoms with Crippen LogP contribution in [0.15, 0.2) is 12.2 Å². The topological polar surface area (TPSA) is 43.4 Å². The molecule has 0 saturated carbocycles. The minimum atomic E-state index is -1.08. The number of carbonyl (C=O) groups is 2. The summed E-state index contributed by atoms with van der Waals surface area (Å²) in [7, 11) is 0. The van der Waals surface area contributed by atoms with E-state index in [0.717, 1.165) is 0 Å². The van der Waals surface area contributed by atoms with Gasteiger partial charge in [0.2, 0.25) is 0 Å². The molecule has 0 bridgehead atoms. The van der Waals surface area contributed by atoms with E-state index < -0.39 is 11.4 Å². The average molecular weight is 154 g/mol. The molecule has 0 aromatic carbocycles. The Morgan fingerprint density at radius 3 is 2.45 bits per heavy atom. The Hall–Kier alpha value is -1.12. The van der Waals surface area contributed by atoms with Gasteiger partial charge in [-0.3, -0.25) is 9.59 Å². The zero-order valence-corrected chi connectivity index (χ0v) is 6.64. The molecule has 0 N–H and O–H groups in total. The molecule has 0 aromatic heterocycles. The molecule has 0 aliphatic carbocycles. The van der Waals surface area contributed by atoms with Crippen molar-refractivity contribution in [3.05, 3.63) is 12.2 Å². The second kappa shape index (κ2) is 2.19. The minimum absolute atomic E-state index is 0.176. The Kier molecular flexibility index (Phi) is 1.59. The summed E-state index contributed by atoms with van der Waals surface area (Å²) in [5, 5.41) is 0. The number of rotatable bonds is 1. The SMILES string of the molecule is C=C1COC(=O)[C@@]1(C)C(C)=O. The summed E-state index contributed by atoms with van der Waals surface area (Å²) in [6.07, 6.45) is 0. The highest BCUT2D eigenvalue weighted by Gasteiger charge is 2.47. The molecule has 60 valence electrons. The number of hydrogen-bond donors (Lipinski definition) is 0. The number of carbonyl (C=O) groups excluding carboxylic acids is 2. The normalized spacial score (nSPS) is 30.4. The van der Waals surface area contributed by atoms with Gasteiger partial charge in [-0.2, -0.15) is 0 Å².